The van der Waals surface area contributed by atoms with E-state index in [1.54, 1.807) is 13.3 Å². The Hall–Kier alpha value is -3.61. The fourth-order valence-corrected chi connectivity index (χ4v) is 2.91. The smallest absolute Gasteiger partial charge is 0.244 e. The predicted molar refractivity (Wildman–Crippen MR) is 107 cm³/mol. The molecule has 4 aromatic rings. The summed E-state index contributed by atoms with van der Waals surface area (Å²) >= 11 is 0. The van der Waals surface area contributed by atoms with Gasteiger partial charge in [0.15, 0.2) is 5.82 Å². The molecule has 2 aromatic carbocycles. The molecule has 7 nitrogen and oxygen atoms in total. The van der Waals surface area contributed by atoms with Crippen molar-refractivity contribution in [2.24, 2.45) is 0 Å². The maximum atomic E-state index is 5.16. The molecule has 0 aliphatic heterocycles. The molecule has 136 valence electrons. The quantitative estimate of drug-likeness (QED) is 0.465. The fraction of sp³-hybridized carbons (Fsp3) is 0.150. The molecule has 0 aliphatic rings. The average Bonchev–Trinajstić information content (AvgIpc) is 3.12. The minimum absolute atomic E-state index is 0.494. The van der Waals surface area contributed by atoms with Gasteiger partial charge in [-0.3, -0.25) is 0 Å². The van der Waals surface area contributed by atoms with E-state index in [9.17, 15) is 0 Å². The Bertz CT molecular complexity index is 1030. The summed E-state index contributed by atoms with van der Waals surface area (Å²) in [5, 5.41) is 15.7. The SMILES string of the molecule is COc1ccc(Nc2cnnc(NCCc3c[nH]c4ccccc34)n2)cc1. The lowest BCUT2D eigenvalue weighted by Gasteiger charge is -2.08. The van der Waals surface area contributed by atoms with Crippen LogP contribution in [0.3, 0.4) is 0 Å². The van der Waals surface area contributed by atoms with Crippen molar-refractivity contribution in [3.63, 3.8) is 0 Å². The third kappa shape index (κ3) is 3.98. The number of nitrogens with one attached hydrogen (secondary N) is 3. The number of rotatable bonds is 7. The van der Waals surface area contributed by atoms with Crippen LogP contribution in [0.5, 0.6) is 5.75 Å². The lowest BCUT2D eigenvalue weighted by atomic mass is 10.1. The number of hydrogen-bond acceptors (Lipinski definition) is 6. The van der Waals surface area contributed by atoms with E-state index < -0.39 is 0 Å². The summed E-state index contributed by atoms with van der Waals surface area (Å²) < 4.78 is 5.16. The van der Waals surface area contributed by atoms with E-state index in [-0.39, 0.29) is 0 Å². The van der Waals surface area contributed by atoms with Crippen LogP contribution >= 0.6 is 0 Å². The molecule has 0 radical (unpaired) electrons. The van der Waals surface area contributed by atoms with Crippen molar-refractivity contribution in [1.82, 2.24) is 20.2 Å². The largest absolute Gasteiger partial charge is 0.497 e. The summed E-state index contributed by atoms with van der Waals surface area (Å²) in [6.07, 6.45) is 4.51. The van der Waals surface area contributed by atoms with E-state index in [0.29, 0.717) is 11.8 Å². The molecule has 7 heteroatoms. The van der Waals surface area contributed by atoms with Gasteiger partial charge >= 0.3 is 0 Å². The Kier molecular flexibility index (Phi) is 4.82. The van der Waals surface area contributed by atoms with Gasteiger partial charge in [-0.05, 0) is 42.3 Å². The second-order valence-electron chi connectivity index (χ2n) is 6.05. The van der Waals surface area contributed by atoms with Crippen molar-refractivity contribution in [2.75, 3.05) is 24.3 Å². The minimum Gasteiger partial charge on any atom is -0.497 e. The maximum absolute atomic E-state index is 5.16. The van der Waals surface area contributed by atoms with Gasteiger partial charge in [0.05, 0.1) is 13.3 Å². The molecule has 0 bridgehead atoms. The van der Waals surface area contributed by atoms with Gasteiger partial charge in [0.2, 0.25) is 5.95 Å². The topological polar surface area (TPSA) is 87.8 Å². The zero-order chi connectivity index (χ0) is 18.5. The molecule has 4 rings (SSSR count). The van der Waals surface area contributed by atoms with Crippen LogP contribution in [0.2, 0.25) is 0 Å². The second kappa shape index (κ2) is 7.74. The fourth-order valence-electron chi connectivity index (χ4n) is 2.91. The molecule has 3 N–H and O–H groups in total. The van der Waals surface area contributed by atoms with E-state index in [1.807, 2.05) is 36.5 Å². The molecule has 0 saturated carbocycles. The molecule has 2 heterocycles. The molecule has 0 unspecified atom stereocenters. The third-order valence-electron chi connectivity index (χ3n) is 4.27. The minimum atomic E-state index is 0.494. The zero-order valence-electron chi connectivity index (χ0n) is 14.9. The zero-order valence-corrected chi connectivity index (χ0v) is 14.9. The van der Waals surface area contributed by atoms with E-state index in [1.165, 1.54) is 10.9 Å². The van der Waals surface area contributed by atoms with Crippen LogP contribution in [-0.4, -0.2) is 33.8 Å². The van der Waals surface area contributed by atoms with Crippen LogP contribution in [-0.2, 0) is 6.42 Å². The Balaban J connectivity index is 1.37. The normalized spacial score (nSPS) is 10.7. The third-order valence-corrected chi connectivity index (χ3v) is 4.27. The standard InChI is InChI=1S/C20H20N6O/c1-27-16-8-6-15(7-9-16)24-19-13-23-26-20(25-19)21-11-10-14-12-22-18-5-3-2-4-17(14)18/h2-9,12-13,22H,10-11H2,1H3,(H2,21,24,25,26). The summed E-state index contributed by atoms with van der Waals surface area (Å²) in [4.78, 5) is 7.75. The van der Waals surface area contributed by atoms with Gasteiger partial charge in [0, 0.05) is 29.3 Å². The van der Waals surface area contributed by atoms with Crippen LogP contribution in [0, 0.1) is 0 Å². The molecule has 0 saturated heterocycles. The number of anilines is 3. The van der Waals surface area contributed by atoms with Crippen LogP contribution in [0.25, 0.3) is 10.9 Å². The molecule has 2 aromatic heterocycles. The number of methoxy groups -OCH3 is 1. The van der Waals surface area contributed by atoms with E-state index >= 15 is 0 Å². The van der Waals surface area contributed by atoms with Crippen molar-refractivity contribution in [2.45, 2.75) is 6.42 Å². The maximum Gasteiger partial charge on any atom is 0.244 e. The number of hydrogen-bond donors (Lipinski definition) is 3. The summed E-state index contributed by atoms with van der Waals surface area (Å²) in [5.74, 6) is 1.93. The van der Waals surface area contributed by atoms with Crippen molar-refractivity contribution in [3.05, 3.63) is 66.5 Å². The predicted octanol–water partition coefficient (Wildman–Crippen LogP) is 3.76. The van der Waals surface area contributed by atoms with E-state index in [4.69, 9.17) is 4.74 Å². The summed E-state index contributed by atoms with van der Waals surface area (Å²) in [7, 11) is 1.64. The average molecular weight is 360 g/mol. The first kappa shape index (κ1) is 16.8. The van der Waals surface area contributed by atoms with Gasteiger partial charge in [0.25, 0.3) is 0 Å². The second-order valence-corrected chi connectivity index (χ2v) is 6.05. The molecule has 0 spiro atoms. The lowest BCUT2D eigenvalue weighted by Crippen LogP contribution is -2.09. The number of H-pyrrole nitrogens is 1. The number of aromatic amines is 1. The Morgan fingerprint density at radius 2 is 1.93 bits per heavy atom. The van der Waals surface area contributed by atoms with Crippen LogP contribution < -0.4 is 15.4 Å². The van der Waals surface area contributed by atoms with Crippen molar-refractivity contribution in [3.8, 4) is 5.75 Å². The number of para-hydroxylation sites is 1. The molecule has 0 fully saturated rings. The highest BCUT2D eigenvalue weighted by Crippen LogP contribution is 2.19. The number of aromatic nitrogens is 4. The molecule has 0 atom stereocenters. The van der Waals surface area contributed by atoms with Gasteiger partial charge in [-0.25, -0.2) is 0 Å². The molecular weight excluding hydrogens is 340 g/mol. The monoisotopic (exact) mass is 360 g/mol. The van der Waals surface area contributed by atoms with Crippen molar-refractivity contribution >= 4 is 28.4 Å². The molecule has 27 heavy (non-hydrogen) atoms. The first-order valence-corrected chi connectivity index (χ1v) is 8.71. The highest BCUT2D eigenvalue weighted by molar-refractivity contribution is 5.83. The van der Waals surface area contributed by atoms with Crippen LogP contribution in [0.1, 0.15) is 5.56 Å². The van der Waals surface area contributed by atoms with E-state index in [2.05, 4.69) is 49.0 Å². The van der Waals surface area contributed by atoms with Gasteiger partial charge in [0.1, 0.15) is 5.75 Å². The molecule has 0 amide bonds. The number of fused-ring (bicyclic) bond motifs is 1. The number of benzene rings is 2. The Morgan fingerprint density at radius 3 is 2.78 bits per heavy atom. The molecule has 0 aliphatic carbocycles. The highest BCUT2D eigenvalue weighted by Gasteiger charge is 2.05. The van der Waals surface area contributed by atoms with Gasteiger partial charge in [-0.2, -0.15) is 10.1 Å². The summed E-state index contributed by atoms with van der Waals surface area (Å²) in [6.45, 7) is 0.718. The Morgan fingerprint density at radius 1 is 1.07 bits per heavy atom. The highest BCUT2D eigenvalue weighted by atomic mass is 16.5. The van der Waals surface area contributed by atoms with Crippen molar-refractivity contribution in [1.29, 1.82) is 0 Å². The first-order valence-electron chi connectivity index (χ1n) is 8.71. The van der Waals surface area contributed by atoms with Crippen LogP contribution in [0.15, 0.2) is 60.9 Å². The first-order chi connectivity index (χ1) is 13.3. The van der Waals surface area contributed by atoms with Crippen molar-refractivity contribution < 1.29 is 4.74 Å². The van der Waals surface area contributed by atoms with Crippen LogP contribution in [0.4, 0.5) is 17.5 Å². The van der Waals surface area contributed by atoms with E-state index in [0.717, 1.165) is 29.9 Å². The summed E-state index contributed by atoms with van der Waals surface area (Å²) in [6, 6.07) is 15.9. The van der Waals surface area contributed by atoms with Gasteiger partial charge < -0.3 is 20.4 Å². The number of nitrogens with zero attached hydrogens (tertiary/aromatic N) is 3. The molecular formula is C20H20N6O. The Labute approximate surface area is 156 Å². The number of ether oxygens (including phenoxy) is 1. The van der Waals surface area contributed by atoms with Gasteiger partial charge in [-0.1, -0.05) is 18.2 Å². The lowest BCUT2D eigenvalue weighted by molar-refractivity contribution is 0.415. The summed E-state index contributed by atoms with van der Waals surface area (Å²) in [5.41, 5.74) is 3.32. The van der Waals surface area contributed by atoms with Gasteiger partial charge in [-0.15, -0.1) is 5.10 Å².